The molecule has 10 heavy (non-hydrogen) atoms. The molecule has 0 saturated carbocycles. The van der Waals surface area contributed by atoms with Crippen molar-refractivity contribution in [3.63, 3.8) is 0 Å². The summed E-state index contributed by atoms with van der Waals surface area (Å²) in [4.78, 5) is 4.65. The third kappa shape index (κ3) is 1.46. The zero-order valence-electron chi connectivity index (χ0n) is 5.43. The van der Waals surface area contributed by atoms with Crippen molar-refractivity contribution in [2.45, 2.75) is 7.43 Å². The van der Waals surface area contributed by atoms with Crippen LogP contribution in [0.2, 0.25) is 0 Å². The molecule has 2 heterocycles. The number of nitrogens with zero attached hydrogens (tertiary/aromatic N) is 2. The van der Waals surface area contributed by atoms with Gasteiger partial charge < -0.3 is 0 Å². The van der Waals surface area contributed by atoms with Gasteiger partial charge >= 0.3 is 0 Å². The fraction of sp³-hybridized carbons (Fsp3) is 1.00. The Bertz CT molecular complexity index is 85.9. The molecule has 2 rings (SSSR count). The molecule has 0 radical (unpaired) electrons. The molecule has 2 fully saturated rings. The summed E-state index contributed by atoms with van der Waals surface area (Å²) in [5, 5.41) is 6.60. The fourth-order valence-corrected chi connectivity index (χ4v) is 1.33. The predicted octanol–water partition coefficient (Wildman–Crippen LogP) is -0.780. The molecule has 0 atom stereocenters. The van der Waals surface area contributed by atoms with E-state index in [-0.39, 0.29) is 7.43 Å². The van der Waals surface area contributed by atoms with E-state index in [9.17, 15) is 0 Å². The van der Waals surface area contributed by atoms with Crippen LogP contribution >= 0.6 is 0 Å². The van der Waals surface area contributed by atoms with Crippen molar-refractivity contribution < 1.29 is 0 Å². The van der Waals surface area contributed by atoms with E-state index in [1.165, 1.54) is 0 Å². The van der Waals surface area contributed by atoms with Gasteiger partial charge in [0.1, 0.15) is 0 Å². The van der Waals surface area contributed by atoms with Crippen LogP contribution in [0.15, 0.2) is 0 Å². The molecule has 60 valence electrons. The van der Waals surface area contributed by atoms with Gasteiger partial charge in [0.2, 0.25) is 0 Å². The van der Waals surface area contributed by atoms with E-state index in [1.54, 1.807) is 0 Å². The molecule has 0 aromatic heterocycles. The average Bonchev–Trinajstić information content (AvgIpc) is 1.88. The van der Waals surface area contributed by atoms with Crippen molar-refractivity contribution in [2.24, 2.45) is 0 Å². The summed E-state index contributed by atoms with van der Waals surface area (Å²) >= 11 is 0. The van der Waals surface area contributed by atoms with Gasteiger partial charge in [0.05, 0.1) is 33.3 Å². The van der Waals surface area contributed by atoms with Crippen molar-refractivity contribution >= 4 is 0 Å². The molecule has 2 N–H and O–H groups in total. The molecule has 2 saturated heterocycles. The fourth-order valence-electron chi connectivity index (χ4n) is 1.33. The van der Waals surface area contributed by atoms with E-state index in [1.807, 2.05) is 0 Å². The first-order valence-corrected chi connectivity index (χ1v) is 3.31. The van der Waals surface area contributed by atoms with Gasteiger partial charge in [0.15, 0.2) is 0 Å². The summed E-state index contributed by atoms with van der Waals surface area (Å²) in [6.07, 6.45) is 0. The maximum Gasteiger partial charge on any atom is 0.0554 e. The molecule has 0 aromatic carbocycles. The van der Waals surface area contributed by atoms with E-state index in [2.05, 4.69) is 20.4 Å². The number of hydrogen-bond donors (Lipinski definition) is 2. The Labute approximate surface area is 62.2 Å². The molecule has 0 amide bonds. The molecule has 4 nitrogen and oxygen atoms in total. The normalized spacial score (nSPS) is 38.4. The van der Waals surface area contributed by atoms with Crippen LogP contribution < -0.4 is 10.6 Å². The lowest BCUT2D eigenvalue weighted by Crippen LogP contribution is -2.61. The Morgan fingerprint density at radius 3 is 1.50 bits per heavy atom. The highest BCUT2D eigenvalue weighted by atomic mass is 15.5. The van der Waals surface area contributed by atoms with Gasteiger partial charge in [0.25, 0.3) is 0 Å². The molecule has 4 heteroatoms. The number of fused-ring (bicyclic) bond motifs is 2. The highest BCUT2D eigenvalue weighted by Gasteiger charge is 2.19. The predicted molar refractivity (Wildman–Crippen MR) is 41.0 cm³/mol. The topological polar surface area (TPSA) is 30.5 Å². The van der Waals surface area contributed by atoms with Gasteiger partial charge in [-0.3, -0.25) is 20.4 Å². The van der Waals surface area contributed by atoms with Gasteiger partial charge in [-0.1, -0.05) is 7.43 Å². The third-order valence-electron chi connectivity index (χ3n) is 1.74. The number of hydrogen-bond acceptors (Lipinski definition) is 4. The lowest BCUT2D eigenvalue weighted by Gasteiger charge is -2.40. The zero-order chi connectivity index (χ0) is 6.10. The van der Waals surface area contributed by atoms with Crippen LogP contribution in [0.4, 0.5) is 0 Å². The van der Waals surface area contributed by atoms with Crippen molar-refractivity contribution in [1.29, 1.82) is 0 Å². The zero-order valence-corrected chi connectivity index (χ0v) is 5.43. The summed E-state index contributed by atoms with van der Waals surface area (Å²) < 4.78 is 0. The monoisotopic (exact) mass is 144 g/mol. The standard InChI is InChI=1S/C5H12N4.CH4/c1-6-2-9-4-7-3-8(1)5-9;/h6-7H,1-5H2;1H4. The molecule has 0 aromatic rings. The van der Waals surface area contributed by atoms with Crippen molar-refractivity contribution in [2.75, 3.05) is 33.3 Å². The SMILES string of the molecule is C.C1NCN2CNCN1C2. The summed E-state index contributed by atoms with van der Waals surface area (Å²) in [7, 11) is 0. The van der Waals surface area contributed by atoms with E-state index in [0.717, 1.165) is 33.3 Å². The minimum atomic E-state index is 0. The Morgan fingerprint density at radius 2 is 1.20 bits per heavy atom. The molecular weight excluding hydrogens is 128 g/mol. The van der Waals surface area contributed by atoms with Crippen molar-refractivity contribution in [3.05, 3.63) is 0 Å². The van der Waals surface area contributed by atoms with Crippen molar-refractivity contribution in [3.8, 4) is 0 Å². The molecule has 0 spiro atoms. The Morgan fingerprint density at radius 1 is 0.800 bits per heavy atom. The van der Waals surface area contributed by atoms with Crippen LogP contribution in [-0.4, -0.2) is 43.1 Å². The van der Waals surface area contributed by atoms with Gasteiger partial charge in [-0.2, -0.15) is 0 Å². The number of rotatable bonds is 0. The van der Waals surface area contributed by atoms with E-state index in [4.69, 9.17) is 0 Å². The van der Waals surface area contributed by atoms with Gasteiger partial charge in [-0.05, 0) is 0 Å². The smallest absolute Gasteiger partial charge is 0.0554 e. The van der Waals surface area contributed by atoms with E-state index < -0.39 is 0 Å². The summed E-state index contributed by atoms with van der Waals surface area (Å²) in [5.41, 5.74) is 0. The van der Waals surface area contributed by atoms with Gasteiger partial charge in [-0.25, -0.2) is 0 Å². The maximum absolute atomic E-state index is 3.30. The van der Waals surface area contributed by atoms with Crippen LogP contribution in [0.3, 0.4) is 0 Å². The maximum atomic E-state index is 3.30. The largest absolute Gasteiger partial charge is 0.291 e. The Kier molecular flexibility index (Phi) is 2.62. The average molecular weight is 144 g/mol. The van der Waals surface area contributed by atoms with E-state index in [0.29, 0.717) is 0 Å². The van der Waals surface area contributed by atoms with Crippen molar-refractivity contribution in [1.82, 2.24) is 20.4 Å². The summed E-state index contributed by atoms with van der Waals surface area (Å²) in [6, 6.07) is 0. The second-order valence-corrected chi connectivity index (χ2v) is 2.62. The lowest BCUT2D eigenvalue weighted by atomic mass is 10.5. The molecule has 2 bridgehead atoms. The highest BCUT2D eigenvalue weighted by Crippen LogP contribution is 1.99. The Hall–Kier alpha value is -0.160. The highest BCUT2D eigenvalue weighted by molar-refractivity contribution is 4.68. The van der Waals surface area contributed by atoms with Crippen LogP contribution in [0, 0.1) is 0 Å². The van der Waals surface area contributed by atoms with Gasteiger partial charge in [0, 0.05) is 0 Å². The summed E-state index contributed by atoms with van der Waals surface area (Å²) in [5.74, 6) is 0. The second kappa shape index (κ2) is 3.30. The molecule has 0 aliphatic carbocycles. The first-order valence-electron chi connectivity index (χ1n) is 3.31. The molecule has 0 unspecified atom stereocenters. The molecular formula is C6H16N4. The van der Waals surface area contributed by atoms with Gasteiger partial charge in [-0.15, -0.1) is 0 Å². The Balaban J connectivity index is 0.000000500. The van der Waals surface area contributed by atoms with Crippen LogP contribution in [0.1, 0.15) is 7.43 Å². The first-order chi connectivity index (χ1) is 4.45. The molecule has 2 aliphatic heterocycles. The minimum absolute atomic E-state index is 0. The van der Waals surface area contributed by atoms with Crippen LogP contribution in [0.25, 0.3) is 0 Å². The molecule has 2 aliphatic rings. The second-order valence-electron chi connectivity index (χ2n) is 2.62. The minimum Gasteiger partial charge on any atom is -0.291 e. The van der Waals surface area contributed by atoms with Crippen LogP contribution in [0.5, 0.6) is 0 Å². The van der Waals surface area contributed by atoms with E-state index >= 15 is 0 Å². The summed E-state index contributed by atoms with van der Waals surface area (Å²) in [6.45, 7) is 5.25. The quantitative estimate of drug-likeness (QED) is 0.467. The third-order valence-corrected chi connectivity index (χ3v) is 1.74. The van der Waals surface area contributed by atoms with Crippen LogP contribution in [-0.2, 0) is 0 Å². The lowest BCUT2D eigenvalue weighted by molar-refractivity contribution is 0.0112. The number of nitrogens with one attached hydrogen (secondary N) is 2. The first kappa shape index (κ1) is 7.94.